The first-order chi connectivity index (χ1) is 14.5. The van der Waals surface area contributed by atoms with Crippen molar-refractivity contribution in [2.24, 2.45) is 0 Å². The number of urea groups is 1. The maximum atomic E-state index is 13.0. The summed E-state index contributed by atoms with van der Waals surface area (Å²) in [6.45, 7) is 4.56. The third-order valence-corrected chi connectivity index (χ3v) is 4.33. The number of nitrogens with one attached hydrogen (secondary N) is 1. The molecule has 2 aromatic rings. The van der Waals surface area contributed by atoms with Gasteiger partial charge in [0.25, 0.3) is 11.8 Å². The molecule has 3 rings (SSSR count). The van der Waals surface area contributed by atoms with E-state index in [9.17, 15) is 14.4 Å². The van der Waals surface area contributed by atoms with E-state index in [2.05, 4.69) is 5.32 Å². The minimum Gasteiger partial charge on any atom is -0.497 e. The summed E-state index contributed by atoms with van der Waals surface area (Å²) in [4.78, 5) is 38.7. The summed E-state index contributed by atoms with van der Waals surface area (Å²) in [5, 5.41) is 2.20. The molecule has 0 atom stereocenters. The Morgan fingerprint density at radius 2 is 1.60 bits per heavy atom. The zero-order valence-electron chi connectivity index (χ0n) is 16.9. The molecular formula is C22H22N2O6. The Hall–Kier alpha value is -3.81. The number of carbonyl (C=O) groups is 3. The normalized spacial score (nSPS) is 15.2. The molecule has 0 aliphatic carbocycles. The van der Waals surface area contributed by atoms with E-state index in [1.807, 2.05) is 13.8 Å². The Labute approximate surface area is 174 Å². The minimum absolute atomic E-state index is 0.186. The standard InChI is InChI=1S/C22H22N2O6/c1-4-29-16-10-7-15(8-11-16)24-21(26)18(20(25)23-22(24)27)12-14-6-9-17(28-3)13-19(14)30-5-2/h6-13H,4-5H2,1-3H3,(H,23,25,27)/b18-12+. The molecule has 1 saturated heterocycles. The molecule has 2 aromatic carbocycles. The summed E-state index contributed by atoms with van der Waals surface area (Å²) in [5.41, 5.74) is 0.644. The van der Waals surface area contributed by atoms with Crippen LogP contribution in [0.4, 0.5) is 10.5 Å². The van der Waals surface area contributed by atoms with E-state index in [4.69, 9.17) is 14.2 Å². The van der Waals surface area contributed by atoms with Crippen molar-refractivity contribution in [2.75, 3.05) is 25.2 Å². The van der Waals surface area contributed by atoms with Crippen LogP contribution in [0.25, 0.3) is 6.08 Å². The van der Waals surface area contributed by atoms with Crippen molar-refractivity contribution in [3.63, 3.8) is 0 Å². The van der Waals surface area contributed by atoms with E-state index >= 15 is 0 Å². The molecule has 0 aromatic heterocycles. The van der Waals surface area contributed by atoms with Crippen LogP contribution in [-0.4, -0.2) is 38.2 Å². The molecule has 30 heavy (non-hydrogen) atoms. The van der Waals surface area contributed by atoms with E-state index in [0.717, 1.165) is 4.90 Å². The topological polar surface area (TPSA) is 94.2 Å². The highest BCUT2D eigenvalue weighted by molar-refractivity contribution is 6.39. The smallest absolute Gasteiger partial charge is 0.335 e. The monoisotopic (exact) mass is 410 g/mol. The third-order valence-electron chi connectivity index (χ3n) is 4.33. The van der Waals surface area contributed by atoms with Crippen LogP contribution >= 0.6 is 0 Å². The van der Waals surface area contributed by atoms with Gasteiger partial charge >= 0.3 is 6.03 Å². The van der Waals surface area contributed by atoms with Gasteiger partial charge in [0.1, 0.15) is 22.8 Å². The first-order valence-electron chi connectivity index (χ1n) is 9.43. The van der Waals surface area contributed by atoms with Crippen LogP contribution in [0.3, 0.4) is 0 Å². The first-order valence-corrected chi connectivity index (χ1v) is 9.43. The maximum absolute atomic E-state index is 13.0. The van der Waals surface area contributed by atoms with Gasteiger partial charge in [-0.3, -0.25) is 14.9 Å². The number of hydrogen-bond acceptors (Lipinski definition) is 6. The molecule has 0 saturated carbocycles. The number of carbonyl (C=O) groups excluding carboxylic acids is 3. The fourth-order valence-corrected chi connectivity index (χ4v) is 2.95. The van der Waals surface area contributed by atoms with E-state index in [1.54, 1.807) is 42.5 Å². The number of amides is 4. The van der Waals surface area contributed by atoms with Crippen LogP contribution in [0.5, 0.6) is 17.2 Å². The molecule has 0 unspecified atom stereocenters. The number of methoxy groups -OCH3 is 1. The Morgan fingerprint density at radius 3 is 2.23 bits per heavy atom. The van der Waals surface area contributed by atoms with Gasteiger partial charge in [0.2, 0.25) is 0 Å². The van der Waals surface area contributed by atoms with Gasteiger partial charge in [-0.1, -0.05) is 0 Å². The van der Waals surface area contributed by atoms with Crippen LogP contribution < -0.4 is 24.4 Å². The van der Waals surface area contributed by atoms with Gasteiger partial charge < -0.3 is 14.2 Å². The number of rotatable bonds is 7. The summed E-state index contributed by atoms with van der Waals surface area (Å²) in [6.07, 6.45) is 1.40. The Balaban J connectivity index is 1.98. The van der Waals surface area contributed by atoms with Crippen LogP contribution in [0.1, 0.15) is 19.4 Å². The minimum atomic E-state index is -0.814. The molecule has 1 fully saturated rings. The molecule has 1 aliphatic rings. The number of imide groups is 2. The zero-order chi connectivity index (χ0) is 21.7. The quantitative estimate of drug-likeness (QED) is 0.557. The summed E-state index contributed by atoms with van der Waals surface area (Å²) >= 11 is 0. The van der Waals surface area contributed by atoms with Crippen LogP contribution in [0.15, 0.2) is 48.0 Å². The van der Waals surface area contributed by atoms with E-state index in [0.29, 0.717) is 41.7 Å². The lowest BCUT2D eigenvalue weighted by atomic mass is 10.1. The zero-order valence-corrected chi connectivity index (χ0v) is 16.9. The van der Waals surface area contributed by atoms with Crippen LogP contribution in [0, 0.1) is 0 Å². The van der Waals surface area contributed by atoms with Crippen molar-refractivity contribution in [1.82, 2.24) is 5.32 Å². The predicted octanol–water partition coefficient (Wildman–Crippen LogP) is 3.16. The highest BCUT2D eigenvalue weighted by Crippen LogP contribution is 2.29. The molecule has 4 amide bonds. The van der Waals surface area contributed by atoms with Crippen molar-refractivity contribution in [1.29, 1.82) is 0 Å². The molecule has 0 spiro atoms. The Kier molecular flexibility index (Phi) is 6.36. The fourth-order valence-electron chi connectivity index (χ4n) is 2.95. The number of barbiturate groups is 1. The fraction of sp³-hybridized carbons (Fsp3) is 0.227. The van der Waals surface area contributed by atoms with Gasteiger partial charge in [0.05, 0.1) is 26.0 Å². The van der Waals surface area contributed by atoms with Crippen molar-refractivity contribution < 1.29 is 28.6 Å². The molecule has 1 N–H and O–H groups in total. The number of anilines is 1. The first kappa shape index (κ1) is 20.9. The van der Waals surface area contributed by atoms with Gasteiger partial charge in [-0.25, -0.2) is 9.69 Å². The van der Waals surface area contributed by atoms with Crippen molar-refractivity contribution in [2.45, 2.75) is 13.8 Å². The lowest BCUT2D eigenvalue weighted by molar-refractivity contribution is -0.122. The molecular weight excluding hydrogens is 388 g/mol. The lowest BCUT2D eigenvalue weighted by Gasteiger charge is -2.26. The second-order valence-electron chi connectivity index (χ2n) is 6.22. The second kappa shape index (κ2) is 9.13. The van der Waals surface area contributed by atoms with Gasteiger partial charge in [0.15, 0.2) is 0 Å². The van der Waals surface area contributed by atoms with E-state index < -0.39 is 17.8 Å². The highest BCUT2D eigenvalue weighted by Gasteiger charge is 2.37. The SMILES string of the molecule is CCOc1ccc(N2C(=O)NC(=O)/C(=C\c3ccc(OC)cc3OCC)C2=O)cc1. The number of hydrogen-bond donors (Lipinski definition) is 1. The van der Waals surface area contributed by atoms with E-state index in [-0.39, 0.29) is 5.57 Å². The molecule has 8 heteroatoms. The van der Waals surface area contributed by atoms with Crippen LogP contribution in [0.2, 0.25) is 0 Å². The Bertz CT molecular complexity index is 997. The predicted molar refractivity (Wildman–Crippen MR) is 111 cm³/mol. The Morgan fingerprint density at radius 1 is 0.933 bits per heavy atom. The highest BCUT2D eigenvalue weighted by atomic mass is 16.5. The van der Waals surface area contributed by atoms with Crippen molar-refractivity contribution in [3.05, 3.63) is 53.6 Å². The van der Waals surface area contributed by atoms with E-state index in [1.165, 1.54) is 13.2 Å². The molecule has 1 aliphatic heterocycles. The molecule has 0 bridgehead atoms. The largest absolute Gasteiger partial charge is 0.497 e. The summed E-state index contributed by atoms with van der Waals surface area (Å²) < 4.78 is 16.2. The lowest BCUT2D eigenvalue weighted by Crippen LogP contribution is -2.54. The molecule has 1 heterocycles. The average Bonchev–Trinajstić information content (AvgIpc) is 2.73. The van der Waals surface area contributed by atoms with Gasteiger partial charge in [-0.15, -0.1) is 0 Å². The second-order valence-corrected chi connectivity index (χ2v) is 6.22. The third kappa shape index (κ3) is 4.27. The van der Waals surface area contributed by atoms with Gasteiger partial charge in [0, 0.05) is 11.6 Å². The summed E-state index contributed by atoms with van der Waals surface area (Å²) in [7, 11) is 1.53. The number of benzene rings is 2. The summed E-state index contributed by atoms with van der Waals surface area (Å²) in [6, 6.07) is 10.7. The van der Waals surface area contributed by atoms with Crippen molar-refractivity contribution >= 4 is 29.6 Å². The van der Waals surface area contributed by atoms with Gasteiger partial charge in [-0.2, -0.15) is 0 Å². The van der Waals surface area contributed by atoms with Crippen molar-refractivity contribution in [3.8, 4) is 17.2 Å². The number of nitrogens with zero attached hydrogens (tertiary/aromatic N) is 1. The van der Waals surface area contributed by atoms with Gasteiger partial charge in [-0.05, 0) is 56.3 Å². The molecule has 0 radical (unpaired) electrons. The number of ether oxygens (including phenoxy) is 3. The van der Waals surface area contributed by atoms with Crippen LogP contribution in [-0.2, 0) is 9.59 Å². The molecule has 156 valence electrons. The summed E-state index contributed by atoms with van der Waals surface area (Å²) in [5.74, 6) is 0.134. The molecule has 8 nitrogen and oxygen atoms in total. The average molecular weight is 410 g/mol. The maximum Gasteiger partial charge on any atom is 0.335 e.